The molecule has 2 amide bonds. The maximum absolute atomic E-state index is 13.3. The zero-order chi connectivity index (χ0) is 25.3. The number of hydrogen-bond donors (Lipinski definition) is 1. The van der Waals surface area contributed by atoms with E-state index in [4.69, 9.17) is 0 Å². The van der Waals surface area contributed by atoms with Crippen LogP contribution >= 0.6 is 0 Å². The molecule has 3 aliphatic carbocycles. The van der Waals surface area contributed by atoms with Gasteiger partial charge in [-0.15, -0.1) is 0 Å². The number of amidine groups is 1. The fraction of sp³-hybridized carbons (Fsp3) is 0.679. The Morgan fingerprint density at radius 3 is 2.16 bits per heavy atom. The van der Waals surface area contributed by atoms with Crippen molar-refractivity contribution in [1.82, 2.24) is 14.7 Å². The highest BCUT2D eigenvalue weighted by atomic mass is 32.2. The van der Waals surface area contributed by atoms with Gasteiger partial charge in [-0.2, -0.15) is 4.40 Å². The number of piperazine rings is 1. The van der Waals surface area contributed by atoms with Gasteiger partial charge in [0.1, 0.15) is 5.84 Å². The Kier molecular flexibility index (Phi) is 6.01. The van der Waals surface area contributed by atoms with Crippen LogP contribution in [0.3, 0.4) is 0 Å². The zero-order valence-electron chi connectivity index (χ0n) is 21.2. The van der Waals surface area contributed by atoms with Crippen molar-refractivity contribution < 1.29 is 18.9 Å². The molecule has 6 unspecified atom stereocenters. The van der Waals surface area contributed by atoms with Crippen LogP contribution < -0.4 is 0 Å². The van der Waals surface area contributed by atoms with Gasteiger partial charge in [-0.05, 0) is 61.5 Å². The Morgan fingerprint density at radius 2 is 1.49 bits per heavy atom. The molecule has 1 aromatic rings. The molecule has 0 radical (unpaired) electrons. The molecule has 2 bridgehead atoms. The van der Waals surface area contributed by atoms with Crippen molar-refractivity contribution in [1.29, 1.82) is 0 Å². The molecule has 0 aromatic heterocycles. The van der Waals surface area contributed by atoms with Crippen molar-refractivity contribution in [3.63, 3.8) is 0 Å². The van der Waals surface area contributed by atoms with Crippen LogP contribution in [0.15, 0.2) is 33.6 Å². The Labute approximate surface area is 220 Å². The van der Waals surface area contributed by atoms with Gasteiger partial charge in [0.05, 0.1) is 22.8 Å². The lowest BCUT2D eigenvalue weighted by Gasteiger charge is -2.41. The molecule has 2 saturated heterocycles. The quantitative estimate of drug-likeness (QED) is 0.605. The normalized spacial score (nSPS) is 39.3. The summed E-state index contributed by atoms with van der Waals surface area (Å²) in [5, 5.41) is 10.5. The number of rotatable bonds is 4. The van der Waals surface area contributed by atoms with E-state index in [0.29, 0.717) is 18.4 Å². The van der Waals surface area contributed by atoms with E-state index in [0.717, 1.165) is 74.7 Å². The van der Waals surface area contributed by atoms with Crippen LogP contribution in [0.5, 0.6) is 0 Å². The number of hydrogen-bond acceptors (Lipinski definition) is 6. The molecule has 9 heteroatoms. The van der Waals surface area contributed by atoms with Crippen molar-refractivity contribution in [2.24, 2.45) is 39.9 Å². The molecule has 6 aliphatic rings. The number of benzene rings is 1. The molecule has 1 N–H and O–H groups in total. The van der Waals surface area contributed by atoms with E-state index < -0.39 is 17.1 Å². The number of amides is 2. The first-order valence-corrected chi connectivity index (χ1v) is 15.2. The summed E-state index contributed by atoms with van der Waals surface area (Å²) in [5.41, 5.74) is 0.993. The van der Waals surface area contributed by atoms with E-state index in [9.17, 15) is 18.9 Å². The molecule has 3 aliphatic heterocycles. The maximum Gasteiger partial charge on any atom is 0.233 e. The third-order valence-corrected chi connectivity index (χ3v) is 11.3. The Morgan fingerprint density at radius 1 is 0.865 bits per heavy atom. The first kappa shape index (κ1) is 24.0. The van der Waals surface area contributed by atoms with Gasteiger partial charge in [-0.3, -0.25) is 19.4 Å². The van der Waals surface area contributed by atoms with Gasteiger partial charge in [0, 0.05) is 44.8 Å². The summed E-state index contributed by atoms with van der Waals surface area (Å²) in [4.78, 5) is 33.8. The Bertz CT molecular complexity index is 1130. The summed E-state index contributed by atoms with van der Waals surface area (Å²) >= 11 is 0. The summed E-state index contributed by atoms with van der Waals surface area (Å²) in [6.07, 6.45) is 5.90. The fourth-order valence-electron chi connectivity index (χ4n) is 8.36. The average Bonchev–Trinajstić information content (AvgIpc) is 3.61. The second kappa shape index (κ2) is 9.27. The van der Waals surface area contributed by atoms with E-state index in [2.05, 4.69) is 14.2 Å². The molecule has 3 saturated carbocycles. The largest absolute Gasteiger partial charge is 0.392 e. The third kappa shape index (κ3) is 3.83. The van der Waals surface area contributed by atoms with Crippen molar-refractivity contribution in [2.75, 3.05) is 39.3 Å². The third-order valence-electron chi connectivity index (χ3n) is 10.3. The molecule has 0 spiro atoms. The lowest BCUT2D eigenvalue weighted by atomic mass is 9.78. The van der Waals surface area contributed by atoms with Crippen LogP contribution in [-0.2, 0) is 20.6 Å². The molecule has 7 rings (SSSR count). The SMILES string of the molecule is O=C1C2C(C(=O)N1CC1CCCCC1CN1CCN(C3=NS(=O)c4ccccc43)CC1)[C@@H]1CC[C@H]2C1O. The fourth-order valence-corrected chi connectivity index (χ4v) is 9.38. The van der Waals surface area contributed by atoms with Gasteiger partial charge >= 0.3 is 0 Å². The van der Waals surface area contributed by atoms with Crippen molar-refractivity contribution in [3.8, 4) is 0 Å². The number of nitrogens with zero attached hydrogens (tertiary/aromatic N) is 4. The summed E-state index contributed by atoms with van der Waals surface area (Å²) in [5.74, 6) is 1.13. The number of carbonyl (C=O) groups excluding carboxylic acids is 2. The molecule has 5 fully saturated rings. The number of aliphatic hydroxyl groups excluding tert-OH is 1. The highest BCUT2D eigenvalue weighted by Gasteiger charge is 2.65. The van der Waals surface area contributed by atoms with Crippen LogP contribution in [0.25, 0.3) is 0 Å². The van der Waals surface area contributed by atoms with Crippen LogP contribution in [-0.4, -0.2) is 87.0 Å². The van der Waals surface area contributed by atoms with Gasteiger partial charge in [0.2, 0.25) is 11.8 Å². The molecule has 1 aromatic carbocycles. The van der Waals surface area contributed by atoms with Gasteiger partial charge in [-0.1, -0.05) is 25.0 Å². The molecule has 198 valence electrons. The topological polar surface area (TPSA) is 93.5 Å². The van der Waals surface area contributed by atoms with Crippen LogP contribution in [0.1, 0.15) is 44.1 Å². The number of likely N-dealkylation sites (tertiary alicyclic amines) is 1. The van der Waals surface area contributed by atoms with Gasteiger partial charge in [0.25, 0.3) is 0 Å². The van der Waals surface area contributed by atoms with Crippen LogP contribution in [0.2, 0.25) is 0 Å². The van der Waals surface area contributed by atoms with Crippen molar-refractivity contribution in [3.05, 3.63) is 29.8 Å². The number of fused-ring (bicyclic) bond motifs is 6. The van der Waals surface area contributed by atoms with E-state index in [-0.39, 0.29) is 35.5 Å². The molecule has 3 heterocycles. The lowest BCUT2D eigenvalue weighted by molar-refractivity contribution is -0.143. The zero-order valence-corrected chi connectivity index (χ0v) is 22.0. The van der Waals surface area contributed by atoms with Crippen LogP contribution in [0, 0.1) is 35.5 Å². The molecule has 8 atom stereocenters. The first-order chi connectivity index (χ1) is 18.0. The summed E-state index contributed by atoms with van der Waals surface area (Å²) in [6, 6.07) is 7.81. The van der Waals surface area contributed by atoms with Crippen LogP contribution in [0.4, 0.5) is 0 Å². The molecule has 37 heavy (non-hydrogen) atoms. The minimum absolute atomic E-state index is 0.00538. The first-order valence-electron chi connectivity index (χ1n) is 14.1. The average molecular weight is 525 g/mol. The predicted molar refractivity (Wildman–Crippen MR) is 139 cm³/mol. The smallest absolute Gasteiger partial charge is 0.233 e. The van der Waals surface area contributed by atoms with Crippen molar-refractivity contribution in [2.45, 2.75) is 49.5 Å². The Balaban J connectivity index is 0.982. The second-order valence-corrected chi connectivity index (χ2v) is 13.1. The minimum atomic E-state index is -1.30. The number of carbonyl (C=O) groups is 2. The van der Waals surface area contributed by atoms with E-state index in [1.807, 2.05) is 24.3 Å². The standard InChI is InChI=1S/C28H36N4O4S/c33-25-20-9-10-21(25)24-23(20)27(34)32(28(24)35)16-18-6-2-1-5-17(18)15-30-11-13-31(14-12-30)26-19-7-3-4-8-22(19)37(36)29-26/h3-4,7-8,17-18,20-21,23-25,33H,1-2,5-6,9-16H2/t17?,18?,20-,21+,23?,24?,25?,37?. The number of imide groups is 1. The van der Waals surface area contributed by atoms with E-state index in [1.54, 1.807) is 4.90 Å². The summed E-state index contributed by atoms with van der Waals surface area (Å²) in [6.45, 7) is 5.15. The van der Waals surface area contributed by atoms with E-state index >= 15 is 0 Å². The summed E-state index contributed by atoms with van der Waals surface area (Å²) in [7, 11) is -1.30. The van der Waals surface area contributed by atoms with E-state index in [1.165, 1.54) is 12.8 Å². The van der Waals surface area contributed by atoms with Gasteiger partial charge < -0.3 is 10.0 Å². The lowest BCUT2D eigenvalue weighted by Crippen LogP contribution is -2.51. The second-order valence-electron chi connectivity index (χ2n) is 12.0. The molecular weight excluding hydrogens is 488 g/mol. The molecular formula is C28H36N4O4S. The van der Waals surface area contributed by atoms with Gasteiger partial charge in [-0.25, -0.2) is 4.21 Å². The number of aliphatic hydroxyl groups is 1. The maximum atomic E-state index is 13.3. The summed E-state index contributed by atoms with van der Waals surface area (Å²) < 4.78 is 16.9. The molecule has 8 nitrogen and oxygen atoms in total. The minimum Gasteiger partial charge on any atom is -0.392 e. The Hall–Kier alpha value is -2.10. The highest BCUT2D eigenvalue weighted by molar-refractivity contribution is 7.84. The predicted octanol–water partition coefficient (Wildman–Crippen LogP) is 1.90. The monoisotopic (exact) mass is 524 g/mol. The van der Waals surface area contributed by atoms with Gasteiger partial charge in [0.15, 0.2) is 11.0 Å². The van der Waals surface area contributed by atoms with Crippen molar-refractivity contribution >= 4 is 28.6 Å². The highest BCUT2D eigenvalue weighted by Crippen LogP contribution is 2.56.